The van der Waals surface area contributed by atoms with Crippen molar-refractivity contribution in [1.29, 1.82) is 0 Å². The quantitative estimate of drug-likeness (QED) is 0.700. The molecule has 0 radical (unpaired) electrons. The van der Waals surface area contributed by atoms with Crippen LogP contribution in [-0.4, -0.2) is 9.38 Å². The van der Waals surface area contributed by atoms with Gasteiger partial charge in [-0.05, 0) is 12.1 Å². The Hall–Kier alpha value is -1.58. The Morgan fingerprint density at radius 1 is 1.25 bits per heavy atom. The van der Waals surface area contributed by atoms with Crippen LogP contribution in [0.3, 0.4) is 0 Å². The van der Waals surface area contributed by atoms with Crippen LogP contribution in [0.1, 0.15) is 5.69 Å². The molecule has 0 atom stereocenters. The van der Waals surface area contributed by atoms with E-state index in [0.29, 0.717) is 6.54 Å². The van der Waals surface area contributed by atoms with E-state index in [1.165, 1.54) is 0 Å². The zero-order chi connectivity index (χ0) is 11.1. The molecule has 3 aromatic rings. The topological polar surface area (TPSA) is 43.3 Å². The van der Waals surface area contributed by atoms with Crippen LogP contribution in [0, 0.1) is 0 Å². The van der Waals surface area contributed by atoms with E-state index in [4.69, 9.17) is 17.3 Å². The molecule has 1 aromatic carbocycles. The van der Waals surface area contributed by atoms with Gasteiger partial charge in [0, 0.05) is 28.5 Å². The first-order valence-corrected chi connectivity index (χ1v) is 5.42. The molecule has 2 heterocycles. The minimum absolute atomic E-state index is 0.479. The van der Waals surface area contributed by atoms with E-state index < -0.39 is 0 Å². The number of fused-ring (bicyclic) bond motifs is 3. The molecule has 4 heteroatoms. The number of hydrogen-bond acceptors (Lipinski definition) is 2. The van der Waals surface area contributed by atoms with Crippen LogP contribution < -0.4 is 5.73 Å². The Morgan fingerprint density at radius 2 is 2.12 bits per heavy atom. The maximum Gasteiger partial charge on any atom is 0.144 e. The first-order valence-electron chi connectivity index (χ1n) is 5.04. The number of imidazole rings is 1. The Kier molecular flexibility index (Phi) is 2.09. The van der Waals surface area contributed by atoms with E-state index in [-0.39, 0.29) is 0 Å². The number of benzene rings is 1. The normalized spacial score (nSPS) is 11.4. The lowest BCUT2D eigenvalue weighted by atomic mass is 10.2. The average molecular weight is 232 g/mol. The molecule has 0 saturated carbocycles. The summed E-state index contributed by atoms with van der Waals surface area (Å²) < 4.78 is 2.00. The fourth-order valence-electron chi connectivity index (χ4n) is 1.96. The molecule has 3 rings (SSSR count). The van der Waals surface area contributed by atoms with Crippen LogP contribution in [0.15, 0.2) is 36.7 Å². The summed E-state index contributed by atoms with van der Waals surface area (Å²) in [5.41, 5.74) is 7.55. The van der Waals surface area contributed by atoms with Crippen molar-refractivity contribution >= 4 is 28.0 Å². The zero-order valence-electron chi connectivity index (χ0n) is 8.52. The van der Waals surface area contributed by atoms with Crippen molar-refractivity contribution < 1.29 is 0 Å². The number of aromatic nitrogens is 2. The number of pyridine rings is 1. The molecule has 2 aromatic heterocycles. The van der Waals surface area contributed by atoms with Gasteiger partial charge in [0.1, 0.15) is 5.65 Å². The summed E-state index contributed by atoms with van der Waals surface area (Å²) in [6.45, 7) is 0.479. The second-order valence-corrected chi connectivity index (χ2v) is 4.07. The molecule has 0 aliphatic rings. The van der Waals surface area contributed by atoms with E-state index in [0.717, 1.165) is 27.1 Å². The number of hydrogen-bond donors (Lipinski definition) is 1. The molecule has 0 unspecified atom stereocenters. The molecule has 0 bridgehead atoms. The monoisotopic (exact) mass is 231 g/mol. The van der Waals surface area contributed by atoms with Gasteiger partial charge >= 0.3 is 0 Å². The fourth-order valence-corrected chi connectivity index (χ4v) is 2.20. The first-order chi connectivity index (χ1) is 7.81. The van der Waals surface area contributed by atoms with Gasteiger partial charge in [0.15, 0.2) is 0 Å². The standard InChI is InChI=1S/C12H10ClN3/c13-11-3-1-2-10-9(11)4-5-16-8(6-14)7-15-12(10)16/h1-5,7H,6,14H2. The summed E-state index contributed by atoms with van der Waals surface area (Å²) in [6, 6.07) is 7.82. The van der Waals surface area contributed by atoms with Gasteiger partial charge in [0.2, 0.25) is 0 Å². The highest BCUT2D eigenvalue weighted by atomic mass is 35.5. The SMILES string of the molecule is NCc1cnc2c3cccc(Cl)c3ccn12. The fraction of sp³-hybridized carbons (Fsp3) is 0.0833. The number of halogens is 1. The number of rotatable bonds is 1. The largest absolute Gasteiger partial charge is 0.325 e. The molecule has 0 saturated heterocycles. The second-order valence-electron chi connectivity index (χ2n) is 3.66. The highest BCUT2D eigenvalue weighted by molar-refractivity contribution is 6.35. The Morgan fingerprint density at radius 3 is 2.94 bits per heavy atom. The molecular formula is C12H10ClN3. The van der Waals surface area contributed by atoms with Gasteiger partial charge < -0.3 is 10.1 Å². The second kappa shape index (κ2) is 3.47. The van der Waals surface area contributed by atoms with Gasteiger partial charge in [-0.2, -0.15) is 0 Å². The van der Waals surface area contributed by atoms with Gasteiger partial charge in [0.25, 0.3) is 0 Å². The molecule has 16 heavy (non-hydrogen) atoms. The molecule has 2 N–H and O–H groups in total. The minimum atomic E-state index is 0.479. The van der Waals surface area contributed by atoms with Crippen molar-refractivity contribution in [2.75, 3.05) is 0 Å². The lowest BCUT2D eigenvalue weighted by Crippen LogP contribution is -2.00. The van der Waals surface area contributed by atoms with Crippen molar-refractivity contribution in [2.45, 2.75) is 6.54 Å². The molecule has 0 aliphatic heterocycles. The van der Waals surface area contributed by atoms with E-state index in [1.807, 2.05) is 34.9 Å². The number of nitrogens with two attached hydrogens (primary N) is 1. The van der Waals surface area contributed by atoms with E-state index >= 15 is 0 Å². The summed E-state index contributed by atoms with van der Waals surface area (Å²) in [5, 5.41) is 2.82. The number of nitrogens with zero attached hydrogens (tertiary/aromatic N) is 2. The van der Waals surface area contributed by atoms with Gasteiger partial charge in [-0.3, -0.25) is 0 Å². The third-order valence-corrected chi connectivity index (χ3v) is 3.10. The van der Waals surface area contributed by atoms with Gasteiger partial charge in [-0.1, -0.05) is 23.7 Å². The van der Waals surface area contributed by atoms with Crippen LogP contribution in [-0.2, 0) is 6.54 Å². The average Bonchev–Trinajstić information content (AvgIpc) is 2.72. The molecule has 0 aliphatic carbocycles. The molecule has 0 spiro atoms. The first kappa shape index (κ1) is 9.63. The third-order valence-electron chi connectivity index (χ3n) is 2.77. The van der Waals surface area contributed by atoms with E-state index in [2.05, 4.69) is 4.98 Å². The van der Waals surface area contributed by atoms with Crippen molar-refractivity contribution in [3.63, 3.8) is 0 Å². The van der Waals surface area contributed by atoms with Crippen molar-refractivity contribution in [3.8, 4) is 0 Å². The lowest BCUT2D eigenvalue weighted by Gasteiger charge is -2.03. The van der Waals surface area contributed by atoms with Gasteiger partial charge in [-0.25, -0.2) is 4.98 Å². The summed E-state index contributed by atoms with van der Waals surface area (Å²) >= 11 is 6.14. The molecule has 3 nitrogen and oxygen atoms in total. The van der Waals surface area contributed by atoms with Crippen molar-refractivity contribution in [2.24, 2.45) is 5.73 Å². The maximum atomic E-state index is 6.14. The summed E-state index contributed by atoms with van der Waals surface area (Å²) in [6.07, 6.45) is 3.76. The Labute approximate surface area is 97.5 Å². The lowest BCUT2D eigenvalue weighted by molar-refractivity contribution is 0.962. The van der Waals surface area contributed by atoms with Gasteiger partial charge in [0.05, 0.1) is 11.9 Å². The highest BCUT2D eigenvalue weighted by Gasteiger charge is 2.06. The Bertz CT molecular complexity index is 672. The third kappa shape index (κ3) is 1.22. The van der Waals surface area contributed by atoms with E-state index in [9.17, 15) is 0 Å². The smallest absolute Gasteiger partial charge is 0.144 e. The predicted octanol–water partition coefficient (Wildman–Crippen LogP) is 2.60. The van der Waals surface area contributed by atoms with Gasteiger partial charge in [-0.15, -0.1) is 0 Å². The van der Waals surface area contributed by atoms with Crippen LogP contribution in [0.25, 0.3) is 16.4 Å². The molecule has 0 amide bonds. The van der Waals surface area contributed by atoms with Crippen LogP contribution in [0.2, 0.25) is 5.02 Å². The van der Waals surface area contributed by atoms with Crippen molar-refractivity contribution in [1.82, 2.24) is 9.38 Å². The molecule has 0 fully saturated rings. The minimum Gasteiger partial charge on any atom is -0.325 e. The molecular weight excluding hydrogens is 222 g/mol. The van der Waals surface area contributed by atoms with Crippen LogP contribution in [0.4, 0.5) is 0 Å². The Balaban J connectivity index is 2.51. The van der Waals surface area contributed by atoms with E-state index in [1.54, 1.807) is 6.20 Å². The summed E-state index contributed by atoms with van der Waals surface area (Å²) in [7, 11) is 0. The van der Waals surface area contributed by atoms with Crippen LogP contribution >= 0.6 is 11.6 Å². The summed E-state index contributed by atoms with van der Waals surface area (Å²) in [5.74, 6) is 0. The van der Waals surface area contributed by atoms with Crippen LogP contribution in [0.5, 0.6) is 0 Å². The predicted molar refractivity (Wildman–Crippen MR) is 65.6 cm³/mol. The molecule has 80 valence electrons. The van der Waals surface area contributed by atoms with Crippen molar-refractivity contribution in [3.05, 3.63) is 47.4 Å². The summed E-state index contributed by atoms with van der Waals surface area (Å²) in [4.78, 5) is 4.38. The highest BCUT2D eigenvalue weighted by Crippen LogP contribution is 2.26. The maximum absolute atomic E-state index is 6.14. The zero-order valence-corrected chi connectivity index (χ0v) is 9.28.